The number of aliphatic imine (C=N–C) groups is 1. The second kappa shape index (κ2) is 20.7. The molecule has 15 nitrogen and oxygen atoms in total. The first-order chi connectivity index (χ1) is 31.7. The van der Waals surface area contributed by atoms with Crippen LogP contribution in [0.25, 0.3) is 27.7 Å². The molecule has 4 fully saturated rings. The molecule has 1 aromatic carbocycles. The van der Waals surface area contributed by atoms with Gasteiger partial charge in [0.05, 0.1) is 36.8 Å². The van der Waals surface area contributed by atoms with E-state index < -0.39 is 18.2 Å². The molecule has 1 unspecified atom stereocenters. The number of amides is 2. The van der Waals surface area contributed by atoms with E-state index in [1.165, 1.54) is 21.9 Å². The second-order valence-electron chi connectivity index (χ2n) is 19.7. The van der Waals surface area contributed by atoms with Gasteiger partial charge in [-0.2, -0.15) is 0 Å². The molecule has 16 heteroatoms. The van der Waals surface area contributed by atoms with E-state index in [1.807, 2.05) is 18.5 Å². The number of hydrazine groups is 1. The van der Waals surface area contributed by atoms with Crippen LogP contribution in [-0.4, -0.2) is 146 Å². The summed E-state index contributed by atoms with van der Waals surface area (Å²) in [5.74, 6) is -0.694. The van der Waals surface area contributed by atoms with Crippen LogP contribution in [0.3, 0.4) is 0 Å². The molecule has 7 atom stereocenters. The van der Waals surface area contributed by atoms with Gasteiger partial charge in [0.25, 0.3) is 5.91 Å². The highest BCUT2D eigenvalue weighted by Crippen LogP contribution is 2.52. The number of rotatable bonds is 14. The highest BCUT2D eigenvalue weighted by atomic mass is 32.1. The van der Waals surface area contributed by atoms with Crippen LogP contribution in [0, 0.1) is 23.2 Å². The van der Waals surface area contributed by atoms with E-state index in [0.717, 1.165) is 84.7 Å². The topological polar surface area (TPSA) is 152 Å². The zero-order chi connectivity index (χ0) is 46.9. The summed E-state index contributed by atoms with van der Waals surface area (Å²) in [5, 5.41) is 8.28. The molecule has 2 N–H and O–H groups in total. The summed E-state index contributed by atoms with van der Waals surface area (Å²) in [5.41, 5.74) is 9.83. The largest absolute Gasteiger partial charge is 0.464 e. The number of aromatic nitrogens is 2. The van der Waals surface area contributed by atoms with E-state index in [-0.39, 0.29) is 59.8 Å². The van der Waals surface area contributed by atoms with Crippen molar-refractivity contribution in [2.24, 2.45) is 28.2 Å². The van der Waals surface area contributed by atoms with Gasteiger partial charge < -0.3 is 33.7 Å². The maximum Gasteiger partial charge on any atom is 0.324 e. The Balaban J connectivity index is 1.26. The Hall–Kier alpha value is -4.03. The number of nitrogens with one attached hydrogen (secondary N) is 2. The first-order valence-corrected chi connectivity index (χ1v) is 25.2. The minimum Gasteiger partial charge on any atom is -0.464 e. The monoisotopic (exact) mass is 929 g/mol. The van der Waals surface area contributed by atoms with Crippen molar-refractivity contribution >= 4 is 51.8 Å². The number of esters is 1. The normalized spacial score (nSPS) is 27.0. The molecule has 3 aliphatic heterocycles. The van der Waals surface area contributed by atoms with Crippen molar-refractivity contribution in [3.8, 4) is 11.3 Å². The van der Waals surface area contributed by atoms with Crippen LogP contribution in [0.2, 0.25) is 0 Å². The number of hydrogen-bond acceptors (Lipinski definition) is 13. The van der Waals surface area contributed by atoms with Gasteiger partial charge >= 0.3 is 5.97 Å². The van der Waals surface area contributed by atoms with E-state index in [0.29, 0.717) is 50.6 Å². The lowest BCUT2D eigenvalue weighted by Crippen LogP contribution is -2.61. The van der Waals surface area contributed by atoms with E-state index >= 15 is 0 Å². The summed E-state index contributed by atoms with van der Waals surface area (Å²) in [7, 11) is 3.90. The zero-order valence-corrected chi connectivity index (χ0v) is 41.4. The van der Waals surface area contributed by atoms with Crippen molar-refractivity contribution < 1.29 is 33.3 Å². The lowest BCUT2D eigenvalue weighted by molar-refractivity contribution is -0.156. The molecule has 2 aromatic heterocycles. The van der Waals surface area contributed by atoms with Crippen molar-refractivity contribution in [1.29, 1.82) is 0 Å². The number of cyclic esters (lactones) is 1. The number of allylic oxidation sites excluding steroid dienone is 1. The smallest absolute Gasteiger partial charge is 0.324 e. The fraction of sp³-hybridized carbons (Fsp3) is 0.660. The second-order valence-corrected chi connectivity index (χ2v) is 20.6. The fourth-order valence-corrected chi connectivity index (χ4v) is 11.0. The number of nitrogens with zero attached hydrogens (tertiary/aromatic N) is 6. The Morgan fingerprint density at radius 3 is 2.56 bits per heavy atom. The molecular formula is C50H72N8O7S. The molecule has 3 aromatic rings. The first-order valence-electron chi connectivity index (χ1n) is 24.3. The van der Waals surface area contributed by atoms with Gasteiger partial charge in [0.15, 0.2) is 0 Å². The SMILES string of the molecule is CCO[C@@H]1c2nc(cs2)-c2ccc3c(c2)c(c(/C(C)=C(/N=CCN2CCN(C)CC2)[C@H](C)OC)n3CCOC(C)C)CC2(CC2)COC(=O)[C@@H]2CCCN(N2)C(=O)[C@H]1NC(=O)C1[C@@H](C)[C@H]1C. The van der Waals surface area contributed by atoms with Crippen molar-refractivity contribution in [3.05, 3.63) is 45.5 Å². The van der Waals surface area contributed by atoms with Crippen molar-refractivity contribution in [1.82, 2.24) is 35.1 Å². The number of ether oxygens (including phenoxy) is 4. The third-order valence-electron chi connectivity index (χ3n) is 14.7. The van der Waals surface area contributed by atoms with E-state index in [9.17, 15) is 14.4 Å². The third kappa shape index (κ3) is 10.5. The first kappa shape index (κ1) is 48.4. The average Bonchev–Trinajstić information content (AvgIpc) is 4.08. The number of carbonyl (C=O) groups is 3. The van der Waals surface area contributed by atoms with Crippen LogP contribution in [0.1, 0.15) is 96.5 Å². The number of thiazole rings is 1. The lowest BCUT2D eigenvalue weighted by Gasteiger charge is -2.36. The number of benzene rings is 1. The summed E-state index contributed by atoms with van der Waals surface area (Å²) in [6.07, 6.45) is 4.57. The van der Waals surface area contributed by atoms with Gasteiger partial charge in [-0.05, 0) is 109 Å². The van der Waals surface area contributed by atoms with Crippen LogP contribution in [-0.2, 0) is 46.3 Å². The molecule has 66 heavy (non-hydrogen) atoms. The van der Waals surface area contributed by atoms with Crippen molar-refractivity contribution in [2.45, 2.75) is 118 Å². The van der Waals surface area contributed by atoms with Gasteiger partial charge in [0, 0.05) is 105 Å². The van der Waals surface area contributed by atoms with E-state index in [4.69, 9.17) is 28.9 Å². The molecule has 1 spiro atoms. The zero-order valence-electron chi connectivity index (χ0n) is 40.6. The summed E-state index contributed by atoms with van der Waals surface area (Å²) < 4.78 is 27.3. The van der Waals surface area contributed by atoms with Gasteiger partial charge in [-0.15, -0.1) is 11.3 Å². The Labute approximate surface area is 394 Å². The molecule has 2 saturated heterocycles. The lowest BCUT2D eigenvalue weighted by atomic mass is 9.91. The third-order valence-corrected chi connectivity index (χ3v) is 15.6. The number of hydrogen-bond donors (Lipinski definition) is 2. The van der Waals surface area contributed by atoms with Crippen LogP contribution < -0.4 is 10.7 Å². The summed E-state index contributed by atoms with van der Waals surface area (Å²) in [6, 6.07) is 4.73. The van der Waals surface area contributed by atoms with Gasteiger partial charge in [0.2, 0.25) is 5.91 Å². The van der Waals surface area contributed by atoms with Crippen LogP contribution in [0.5, 0.6) is 0 Å². The Morgan fingerprint density at radius 1 is 1.12 bits per heavy atom. The molecular weight excluding hydrogens is 857 g/mol. The molecule has 0 radical (unpaired) electrons. The van der Waals surface area contributed by atoms with Gasteiger partial charge in [-0.1, -0.05) is 19.9 Å². The van der Waals surface area contributed by atoms with Gasteiger partial charge in [-0.3, -0.25) is 29.3 Å². The molecule has 360 valence electrons. The maximum atomic E-state index is 14.7. The Bertz CT molecular complexity index is 2290. The van der Waals surface area contributed by atoms with E-state index in [1.54, 1.807) is 7.11 Å². The van der Waals surface area contributed by atoms with Crippen LogP contribution in [0.15, 0.2) is 34.3 Å². The number of carbonyl (C=O) groups excluding carboxylic acids is 3. The predicted molar refractivity (Wildman–Crippen MR) is 258 cm³/mol. The number of piperazine rings is 1. The maximum absolute atomic E-state index is 14.7. The quantitative estimate of drug-likeness (QED) is 0.142. The summed E-state index contributed by atoms with van der Waals surface area (Å²) in [6.45, 7) is 21.2. The van der Waals surface area contributed by atoms with Gasteiger partial charge in [0.1, 0.15) is 23.2 Å². The van der Waals surface area contributed by atoms with Crippen molar-refractivity contribution in [3.63, 3.8) is 0 Å². The minimum absolute atomic E-state index is 0.0656. The summed E-state index contributed by atoms with van der Waals surface area (Å²) >= 11 is 1.42. The molecule has 6 bridgehead atoms. The Kier molecular flexibility index (Phi) is 15.2. The predicted octanol–water partition coefficient (Wildman–Crippen LogP) is 6.11. The van der Waals surface area contributed by atoms with Crippen molar-refractivity contribution in [2.75, 3.05) is 73.2 Å². The molecule has 5 aliphatic rings. The van der Waals surface area contributed by atoms with Crippen LogP contribution >= 0.6 is 11.3 Å². The molecule has 2 amide bonds. The summed E-state index contributed by atoms with van der Waals surface area (Å²) in [4.78, 5) is 57.7. The molecule has 2 aliphatic carbocycles. The standard InChI is InChI=1S/C50H72N8O7S/c1-10-63-45-43(53-46(59)41-31(4)32(41)5)48(60)58-18-11-12-38(54-58)49(61)65-29-50(15-16-50)27-37-36-26-35(39-28-66-47(45)52-39)13-14-40(36)57(24-25-64-30(2)3)44(37)33(6)42(34(7)62-9)51-17-19-56-22-20-55(8)21-23-56/h13-14,17,26,28,30-32,34,38,41,43,45,54H,10-12,15-16,18-25,27,29H2,1-9H3,(H,53,59)/b42-33+,51-17?/t31-,32+,34-,38-,41?,43-,45-/m0/s1. The van der Waals surface area contributed by atoms with E-state index in [2.05, 4.69) is 91.9 Å². The highest BCUT2D eigenvalue weighted by Gasteiger charge is 2.51. The highest BCUT2D eigenvalue weighted by molar-refractivity contribution is 7.10. The number of likely N-dealkylation sites (N-methyl/N-ethyl adjacent to an activating group) is 1. The molecule has 8 rings (SSSR count). The number of methoxy groups -OCH3 is 1. The minimum atomic E-state index is -1.08. The Morgan fingerprint density at radius 2 is 1.88 bits per heavy atom. The average molecular weight is 929 g/mol. The number of fused-ring (bicyclic) bond motifs is 6. The van der Waals surface area contributed by atoms with Crippen LogP contribution in [0.4, 0.5) is 0 Å². The fourth-order valence-electron chi connectivity index (χ4n) is 10.1. The molecule has 2 saturated carbocycles. The molecule has 5 heterocycles. The van der Waals surface area contributed by atoms with Gasteiger partial charge in [-0.25, -0.2) is 10.4 Å².